The summed E-state index contributed by atoms with van der Waals surface area (Å²) in [6, 6.07) is 24.7. The van der Waals surface area contributed by atoms with Gasteiger partial charge in [0.05, 0.1) is 21.3 Å². The molecule has 1 aliphatic rings. The van der Waals surface area contributed by atoms with Gasteiger partial charge in [0.15, 0.2) is 5.11 Å². The highest BCUT2D eigenvalue weighted by Crippen LogP contribution is 2.32. The number of nitro groups is 1. The molecule has 41 heavy (non-hydrogen) atoms. The summed E-state index contributed by atoms with van der Waals surface area (Å²) in [6.07, 6.45) is 1.29. The second-order valence-corrected chi connectivity index (χ2v) is 10.6. The van der Waals surface area contributed by atoms with Crippen molar-refractivity contribution >= 4 is 80.7 Å². The quantitative estimate of drug-likeness (QED) is 0.0725. The average molecular weight is 583 g/mol. The van der Waals surface area contributed by atoms with Gasteiger partial charge in [-0.15, -0.1) is 11.8 Å². The molecule has 1 fully saturated rings. The van der Waals surface area contributed by atoms with E-state index in [0.29, 0.717) is 11.4 Å². The van der Waals surface area contributed by atoms with Crippen LogP contribution in [0.1, 0.15) is 11.1 Å². The van der Waals surface area contributed by atoms with Crippen LogP contribution in [0.2, 0.25) is 0 Å². The van der Waals surface area contributed by atoms with Crippen LogP contribution in [0.15, 0.2) is 95.4 Å². The van der Waals surface area contributed by atoms with Gasteiger partial charge in [-0.1, -0.05) is 54.1 Å². The van der Waals surface area contributed by atoms with E-state index in [9.17, 15) is 24.5 Å². The molecule has 9 nitrogen and oxygen atoms in total. The van der Waals surface area contributed by atoms with E-state index in [2.05, 4.69) is 10.6 Å². The number of thiocarbonyl (C=S) groups is 1. The van der Waals surface area contributed by atoms with Gasteiger partial charge in [-0.05, 0) is 71.9 Å². The molecule has 2 N–H and O–H groups in total. The summed E-state index contributed by atoms with van der Waals surface area (Å²) in [5, 5.41) is 19.1. The summed E-state index contributed by atoms with van der Waals surface area (Å²) >= 11 is 6.23. The maximum atomic E-state index is 13.2. The minimum absolute atomic E-state index is 0.0549. The predicted octanol–water partition coefficient (Wildman–Crippen LogP) is 5.62. The normalized spacial score (nSPS) is 14.3. The number of nitrogens with zero attached hydrogens (tertiary/aromatic N) is 2. The molecule has 204 valence electrons. The van der Waals surface area contributed by atoms with Gasteiger partial charge in [-0.2, -0.15) is 0 Å². The van der Waals surface area contributed by atoms with E-state index in [1.165, 1.54) is 23.1 Å². The largest absolute Gasteiger partial charge is 0.325 e. The standard InChI is InChI=1S/C30H22N4O5S2/c1-18-6-11-23(12-7-18)33-29(37)24(28(36)32-30(33)40)14-19-8-13-26(25(15-19)34(38)39)41-17-27(35)31-22-10-9-20-4-2-3-5-21(20)16-22/h2-16H,17H2,1H3,(H,31,35)(H,32,36,40)/b24-14+. The lowest BCUT2D eigenvalue weighted by atomic mass is 10.1. The van der Waals surface area contributed by atoms with Gasteiger partial charge in [-0.3, -0.25) is 34.7 Å². The van der Waals surface area contributed by atoms with E-state index < -0.39 is 16.7 Å². The molecule has 0 spiro atoms. The molecular formula is C30H22N4O5S2. The summed E-state index contributed by atoms with van der Waals surface area (Å²) in [4.78, 5) is 51.2. The zero-order chi connectivity index (χ0) is 29.1. The lowest BCUT2D eigenvalue weighted by Gasteiger charge is -2.29. The van der Waals surface area contributed by atoms with E-state index >= 15 is 0 Å². The van der Waals surface area contributed by atoms with Crippen LogP contribution in [0.4, 0.5) is 17.1 Å². The lowest BCUT2D eigenvalue weighted by molar-refractivity contribution is -0.387. The Morgan fingerprint density at radius 3 is 2.49 bits per heavy atom. The van der Waals surface area contributed by atoms with Crippen molar-refractivity contribution < 1.29 is 19.3 Å². The third-order valence-electron chi connectivity index (χ3n) is 6.28. The number of aryl methyl sites for hydroxylation is 1. The first-order valence-corrected chi connectivity index (χ1v) is 13.8. The van der Waals surface area contributed by atoms with Crippen LogP contribution < -0.4 is 15.5 Å². The number of benzene rings is 4. The molecule has 1 aliphatic heterocycles. The van der Waals surface area contributed by atoms with Crippen molar-refractivity contribution in [1.29, 1.82) is 0 Å². The SMILES string of the molecule is Cc1ccc(N2C(=O)/C(=C/c3ccc(SCC(=O)Nc4ccc5ccccc5c4)c([N+](=O)[O-])c3)C(=O)NC2=S)cc1. The number of amides is 3. The van der Waals surface area contributed by atoms with Crippen LogP contribution in [-0.2, 0) is 14.4 Å². The summed E-state index contributed by atoms with van der Waals surface area (Å²) in [6.45, 7) is 1.90. The highest BCUT2D eigenvalue weighted by atomic mass is 32.2. The fourth-order valence-corrected chi connectivity index (χ4v) is 5.33. The smallest absolute Gasteiger partial charge is 0.283 e. The second kappa shape index (κ2) is 11.7. The Kier molecular flexibility index (Phi) is 7.90. The first-order chi connectivity index (χ1) is 19.7. The second-order valence-electron chi connectivity index (χ2n) is 9.18. The Hall–Kier alpha value is -4.87. The van der Waals surface area contributed by atoms with Crippen molar-refractivity contribution in [2.24, 2.45) is 0 Å². The Labute approximate surface area is 244 Å². The fourth-order valence-electron chi connectivity index (χ4n) is 4.25. The summed E-state index contributed by atoms with van der Waals surface area (Å²) < 4.78 is 0. The maximum Gasteiger partial charge on any atom is 0.283 e. The number of rotatable bonds is 7. The van der Waals surface area contributed by atoms with Crippen molar-refractivity contribution in [1.82, 2.24) is 5.32 Å². The van der Waals surface area contributed by atoms with Crippen molar-refractivity contribution in [3.8, 4) is 0 Å². The summed E-state index contributed by atoms with van der Waals surface area (Å²) in [5.74, 6) is -1.72. The monoisotopic (exact) mass is 582 g/mol. The highest BCUT2D eigenvalue weighted by Gasteiger charge is 2.34. The topological polar surface area (TPSA) is 122 Å². The van der Waals surface area contributed by atoms with Crippen molar-refractivity contribution in [3.63, 3.8) is 0 Å². The summed E-state index contributed by atoms with van der Waals surface area (Å²) in [7, 11) is 0. The zero-order valence-electron chi connectivity index (χ0n) is 21.6. The molecule has 0 atom stereocenters. The van der Waals surface area contributed by atoms with E-state index in [4.69, 9.17) is 12.2 Å². The number of fused-ring (bicyclic) bond motifs is 1. The van der Waals surface area contributed by atoms with Crippen LogP contribution in [0.3, 0.4) is 0 Å². The number of carbonyl (C=O) groups excluding carboxylic acids is 3. The molecule has 11 heteroatoms. The number of nitro benzene ring substituents is 1. The van der Waals surface area contributed by atoms with E-state index in [-0.39, 0.29) is 38.5 Å². The van der Waals surface area contributed by atoms with Crippen molar-refractivity contribution in [2.45, 2.75) is 11.8 Å². The molecule has 5 rings (SSSR count). The van der Waals surface area contributed by atoms with Crippen LogP contribution in [0.25, 0.3) is 16.8 Å². The minimum atomic E-state index is -0.699. The molecule has 0 bridgehead atoms. The maximum absolute atomic E-state index is 13.2. The molecule has 0 unspecified atom stereocenters. The first-order valence-electron chi connectivity index (χ1n) is 12.4. The molecule has 4 aromatic carbocycles. The molecule has 1 heterocycles. The van der Waals surface area contributed by atoms with Gasteiger partial charge in [0.25, 0.3) is 17.5 Å². The lowest BCUT2D eigenvalue weighted by Crippen LogP contribution is -2.54. The number of anilines is 2. The van der Waals surface area contributed by atoms with Gasteiger partial charge in [0.1, 0.15) is 5.57 Å². The number of hydrogen-bond acceptors (Lipinski definition) is 7. The number of carbonyl (C=O) groups is 3. The third-order valence-corrected chi connectivity index (χ3v) is 7.62. The number of thioether (sulfide) groups is 1. The molecule has 4 aromatic rings. The van der Waals surface area contributed by atoms with Crippen LogP contribution in [-0.4, -0.2) is 33.5 Å². The Morgan fingerprint density at radius 2 is 1.76 bits per heavy atom. The number of nitrogens with one attached hydrogen (secondary N) is 2. The molecule has 1 saturated heterocycles. The molecule has 0 aliphatic carbocycles. The van der Waals surface area contributed by atoms with E-state index in [0.717, 1.165) is 28.1 Å². The highest BCUT2D eigenvalue weighted by molar-refractivity contribution is 8.00. The Morgan fingerprint density at radius 1 is 1.02 bits per heavy atom. The molecule has 3 amide bonds. The van der Waals surface area contributed by atoms with E-state index in [1.54, 1.807) is 24.3 Å². The van der Waals surface area contributed by atoms with Crippen LogP contribution >= 0.6 is 24.0 Å². The molecular weight excluding hydrogens is 560 g/mol. The molecule has 0 aromatic heterocycles. The Bertz CT molecular complexity index is 1770. The van der Waals surface area contributed by atoms with Gasteiger partial charge < -0.3 is 5.32 Å². The van der Waals surface area contributed by atoms with Gasteiger partial charge in [0.2, 0.25) is 5.91 Å². The minimum Gasteiger partial charge on any atom is -0.325 e. The van der Waals surface area contributed by atoms with Gasteiger partial charge >= 0.3 is 0 Å². The molecule has 0 saturated carbocycles. The van der Waals surface area contributed by atoms with Crippen LogP contribution in [0.5, 0.6) is 0 Å². The van der Waals surface area contributed by atoms with Crippen molar-refractivity contribution in [3.05, 3.63) is 112 Å². The first kappa shape index (κ1) is 27.7. The number of hydrogen-bond donors (Lipinski definition) is 2. The van der Waals surface area contributed by atoms with Crippen LogP contribution in [0, 0.1) is 17.0 Å². The zero-order valence-corrected chi connectivity index (χ0v) is 23.3. The Balaban J connectivity index is 1.33. The van der Waals surface area contributed by atoms with Gasteiger partial charge in [0, 0.05) is 11.8 Å². The van der Waals surface area contributed by atoms with E-state index in [1.807, 2.05) is 55.5 Å². The fraction of sp³-hybridized carbons (Fsp3) is 0.0667. The molecule has 0 radical (unpaired) electrons. The van der Waals surface area contributed by atoms with Gasteiger partial charge in [-0.25, -0.2) is 0 Å². The summed E-state index contributed by atoms with van der Waals surface area (Å²) in [5.41, 5.74) is 1.90. The average Bonchev–Trinajstić information content (AvgIpc) is 2.95. The van der Waals surface area contributed by atoms with Crippen molar-refractivity contribution in [2.75, 3.05) is 16.0 Å². The predicted molar refractivity (Wildman–Crippen MR) is 164 cm³/mol. The third kappa shape index (κ3) is 6.16.